The lowest BCUT2D eigenvalue weighted by molar-refractivity contribution is -0.163. The topological polar surface area (TPSA) is 23.5 Å². The van der Waals surface area contributed by atoms with Gasteiger partial charge >= 0.3 is 0 Å². The van der Waals surface area contributed by atoms with Crippen molar-refractivity contribution in [2.45, 2.75) is 38.0 Å². The van der Waals surface area contributed by atoms with Crippen LogP contribution in [0, 0.1) is 0 Å². The molecule has 1 aromatic carbocycles. The van der Waals surface area contributed by atoms with Crippen LogP contribution in [-0.2, 0) is 6.54 Å². The minimum Gasteiger partial charge on any atom is -0.387 e. The Hall–Kier alpha value is -1.00. The summed E-state index contributed by atoms with van der Waals surface area (Å²) in [4.78, 5) is 1.72. The van der Waals surface area contributed by atoms with Gasteiger partial charge in [0.1, 0.15) is 6.10 Å². The second-order valence-electron chi connectivity index (χ2n) is 4.75. The summed E-state index contributed by atoms with van der Waals surface area (Å²) in [5.41, 5.74) is 1.02. The Bertz CT molecular complexity index is 369. The number of halogens is 2. The van der Waals surface area contributed by atoms with Gasteiger partial charge in [0.2, 0.25) is 0 Å². The zero-order valence-corrected chi connectivity index (χ0v) is 9.81. The molecule has 1 N–H and O–H groups in total. The van der Waals surface area contributed by atoms with Crippen LogP contribution in [0.25, 0.3) is 0 Å². The first-order valence-corrected chi connectivity index (χ1v) is 5.83. The molecule has 4 heteroatoms. The number of alkyl halides is 2. The number of hydrogen-bond donors (Lipinski definition) is 1. The third-order valence-corrected chi connectivity index (χ3v) is 3.32. The van der Waals surface area contributed by atoms with Gasteiger partial charge < -0.3 is 5.11 Å². The van der Waals surface area contributed by atoms with Crippen LogP contribution in [0.2, 0.25) is 0 Å². The molecular formula is C13H17F2NO. The van der Waals surface area contributed by atoms with Gasteiger partial charge in [-0.2, -0.15) is 0 Å². The predicted molar refractivity (Wildman–Crippen MR) is 61.9 cm³/mol. The first kappa shape index (κ1) is 12.5. The molecule has 1 unspecified atom stereocenters. The van der Waals surface area contributed by atoms with Crippen LogP contribution in [-0.4, -0.2) is 34.6 Å². The van der Waals surface area contributed by atoms with E-state index in [2.05, 4.69) is 0 Å². The highest BCUT2D eigenvalue weighted by Crippen LogP contribution is 2.31. The quantitative estimate of drug-likeness (QED) is 0.858. The van der Waals surface area contributed by atoms with Gasteiger partial charge in [0.15, 0.2) is 0 Å². The SMILES string of the molecule is C[C@H]1CC(O)C(F)(F)CN1Cc1ccccc1. The van der Waals surface area contributed by atoms with E-state index in [4.69, 9.17) is 0 Å². The molecule has 94 valence electrons. The van der Waals surface area contributed by atoms with Crippen LogP contribution < -0.4 is 0 Å². The average Bonchev–Trinajstić information content (AvgIpc) is 2.27. The minimum atomic E-state index is -3.00. The summed E-state index contributed by atoms with van der Waals surface area (Å²) in [6, 6.07) is 9.53. The van der Waals surface area contributed by atoms with Gasteiger partial charge in [0.25, 0.3) is 5.92 Å². The van der Waals surface area contributed by atoms with Crippen molar-refractivity contribution in [1.29, 1.82) is 0 Å². The van der Waals surface area contributed by atoms with Gasteiger partial charge in [-0.1, -0.05) is 30.3 Å². The normalized spacial score (nSPS) is 29.2. The number of likely N-dealkylation sites (tertiary alicyclic amines) is 1. The highest BCUT2D eigenvalue weighted by Gasteiger charge is 2.46. The molecule has 0 spiro atoms. The molecule has 0 aliphatic carbocycles. The van der Waals surface area contributed by atoms with Gasteiger partial charge in [-0.3, -0.25) is 4.90 Å². The molecule has 1 aliphatic heterocycles. The molecule has 1 saturated heterocycles. The van der Waals surface area contributed by atoms with Gasteiger partial charge in [-0.25, -0.2) is 8.78 Å². The molecule has 0 bridgehead atoms. The van der Waals surface area contributed by atoms with Crippen molar-refractivity contribution in [2.75, 3.05) is 6.54 Å². The summed E-state index contributed by atoms with van der Waals surface area (Å²) < 4.78 is 26.9. The number of nitrogens with zero attached hydrogens (tertiary/aromatic N) is 1. The number of rotatable bonds is 2. The summed E-state index contributed by atoms with van der Waals surface area (Å²) in [5.74, 6) is -3.00. The average molecular weight is 241 g/mol. The van der Waals surface area contributed by atoms with Crippen LogP contribution in [0.15, 0.2) is 30.3 Å². The molecule has 2 nitrogen and oxygen atoms in total. The Balaban J connectivity index is 2.06. The molecule has 1 aliphatic rings. The van der Waals surface area contributed by atoms with E-state index in [1.807, 2.05) is 37.3 Å². The van der Waals surface area contributed by atoms with Crippen molar-refractivity contribution in [3.63, 3.8) is 0 Å². The fourth-order valence-corrected chi connectivity index (χ4v) is 2.21. The van der Waals surface area contributed by atoms with Crippen LogP contribution in [0.5, 0.6) is 0 Å². The zero-order valence-electron chi connectivity index (χ0n) is 9.81. The second-order valence-corrected chi connectivity index (χ2v) is 4.75. The van der Waals surface area contributed by atoms with Crippen LogP contribution in [0.4, 0.5) is 8.78 Å². The summed E-state index contributed by atoms with van der Waals surface area (Å²) >= 11 is 0. The Morgan fingerprint density at radius 1 is 1.35 bits per heavy atom. The lowest BCUT2D eigenvalue weighted by Gasteiger charge is -2.40. The highest BCUT2D eigenvalue weighted by atomic mass is 19.3. The second kappa shape index (κ2) is 4.70. The van der Waals surface area contributed by atoms with Crippen molar-refractivity contribution >= 4 is 0 Å². The van der Waals surface area contributed by atoms with Crippen LogP contribution in [0.3, 0.4) is 0 Å². The molecular weight excluding hydrogens is 224 g/mol. The summed E-state index contributed by atoms with van der Waals surface area (Å²) in [6.07, 6.45) is -1.38. The van der Waals surface area contributed by atoms with Crippen molar-refractivity contribution in [3.8, 4) is 0 Å². The molecule has 1 heterocycles. The van der Waals surface area contributed by atoms with Gasteiger partial charge in [0.05, 0.1) is 6.54 Å². The monoisotopic (exact) mass is 241 g/mol. The number of piperidine rings is 1. The zero-order chi connectivity index (χ0) is 12.5. The fraction of sp³-hybridized carbons (Fsp3) is 0.538. The minimum absolute atomic E-state index is 0.0233. The number of aliphatic hydroxyl groups is 1. The van der Waals surface area contributed by atoms with Gasteiger partial charge in [-0.05, 0) is 18.9 Å². The lowest BCUT2D eigenvalue weighted by Crippen LogP contribution is -2.54. The maximum atomic E-state index is 13.4. The third kappa shape index (κ3) is 2.82. The van der Waals surface area contributed by atoms with Crippen molar-refractivity contribution in [3.05, 3.63) is 35.9 Å². The first-order chi connectivity index (χ1) is 7.99. The van der Waals surface area contributed by atoms with Crippen LogP contribution >= 0.6 is 0 Å². The van der Waals surface area contributed by atoms with E-state index in [1.54, 1.807) is 4.90 Å². The van der Waals surface area contributed by atoms with Crippen molar-refractivity contribution in [1.82, 2.24) is 4.90 Å². The molecule has 1 fully saturated rings. The van der Waals surface area contributed by atoms with E-state index in [9.17, 15) is 13.9 Å². The summed E-state index contributed by atoms with van der Waals surface area (Å²) in [5, 5.41) is 9.31. The van der Waals surface area contributed by atoms with E-state index < -0.39 is 12.0 Å². The molecule has 0 radical (unpaired) electrons. The predicted octanol–water partition coefficient (Wildman–Crippen LogP) is 2.28. The van der Waals surface area contributed by atoms with Gasteiger partial charge in [-0.15, -0.1) is 0 Å². The van der Waals surface area contributed by atoms with E-state index in [-0.39, 0.29) is 19.0 Å². The first-order valence-electron chi connectivity index (χ1n) is 5.83. The van der Waals surface area contributed by atoms with E-state index in [0.29, 0.717) is 6.54 Å². The highest BCUT2D eigenvalue weighted by molar-refractivity contribution is 5.15. The van der Waals surface area contributed by atoms with Crippen molar-refractivity contribution in [2.24, 2.45) is 0 Å². The van der Waals surface area contributed by atoms with Gasteiger partial charge in [0, 0.05) is 12.6 Å². The number of benzene rings is 1. The smallest absolute Gasteiger partial charge is 0.285 e. The number of hydrogen-bond acceptors (Lipinski definition) is 2. The Morgan fingerprint density at radius 2 is 2.00 bits per heavy atom. The standard InChI is InChI=1S/C13H17F2NO/c1-10-7-12(17)13(14,15)9-16(10)8-11-5-3-2-4-6-11/h2-6,10,12,17H,7-9H2,1H3/t10-,12?/m0/s1. The van der Waals surface area contributed by atoms with Crippen molar-refractivity contribution < 1.29 is 13.9 Å². The van der Waals surface area contributed by atoms with E-state index >= 15 is 0 Å². The van der Waals surface area contributed by atoms with Crippen LogP contribution in [0.1, 0.15) is 18.9 Å². The maximum absolute atomic E-state index is 13.4. The molecule has 1 aromatic rings. The molecule has 2 atom stereocenters. The molecule has 2 rings (SSSR count). The largest absolute Gasteiger partial charge is 0.387 e. The van der Waals surface area contributed by atoms with E-state index in [1.165, 1.54) is 0 Å². The molecule has 0 aromatic heterocycles. The summed E-state index contributed by atoms with van der Waals surface area (Å²) in [6.45, 7) is 2.01. The molecule has 0 saturated carbocycles. The molecule has 17 heavy (non-hydrogen) atoms. The Morgan fingerprint density at radius 3 is 2.65 bits per heavy atom. The van der Waals surface area contributed by atoms with E-state index in [0.717, 1.165) is 5.56 Å². The maximum Gasteiger partial charge on any atom is 0.285 e. The molecule has 0 amide bonds. The lowest BCUT2D eigenvalue weighted by atomic mass is 9.97. The summed E-state index contributed by atoms with van der Waals surface area (Å²) in [7, 11) is 0. The number of aliphatic hydroxyl groups excluding tert-OH is 1. The fourth-order valence-electron chi connectivity index (χ4n) is 2.21. The third-order valence-electron chi connectivity index (χ3n) is 3.32. The Labute approximate surface area is 99.9 Å². The Kier molecular flexibility index (Phi) is 3.45.